The molecule has 24 heavy (non-hydrogen) atoms. The Kier molecular flexibility index (Phi) is 5.07. The number of para-hydroxylation sites is 2. The van der Waals surface area contributed by atoms with Crippen LogP contribution in [0.4, 0.5) is 11.4 Å². The lowest BCUT2D eigenvalue weighted by atomic mass is 10.0. The van der Waals surface area contributed by atoms with Crippen LogP contribution >= 0.6 is 0 Å². The molecule has 2 atom stereocenters. The predicted octanol–water partition coefficient (Wildman–Crippen LogP) is 4.39. The lowest BCUT2D eigenvalue weighted by Gasteiger charge is -2.44. The second-order valence-corrected chi connectivity index (χ2v) is 7.23. The fourth-order valence-corrected chi connectivity index (χ4v) is 4.39. The molecule has 0 amide bonds. The van der Waals surface area contributed by atoms with E-state index in [1.54, 1.807) is 0 Å². The van der Waals surface area contributed by atoms with Crippen molar-refractivity contribution in [2.24, 2.45) is 0 Å². The van der Waals surface area contributed by atoms with E-state index in [1.807, 2.05) is 0 Å². The Morgan fingerprint density at radius 3 is 1.54 bits per heavy atom. The third-order valence-corrected chi connectivity index (χ3v) is 5.63. The molecule has 0 spiro atoms. The molecule has 3 rings (SSSR count). The van der Waals surface area contributed by atoms with Crippen molar-refractivity contribution in [1.29, 1.82) is 0 Å². The number of ether oxygens (including phenoxy) is 2. The molecule has 0 saturated carbocycles. The maximum Gasteiger partial charge on any atom is 0.138 e. The van der Waals surface area contributed by atoms with Crippen molar-refractivity contribution in [3.63, 3.8) is 0 Å². The molecule has 0 aliphatic carbocycles. The lowest BCUT2D eigenvalue weighted by Crippen LogP contribution is -2.49. The van der Waals surface area contributed by atoms with Crippen molar-refractivity contribution in [2.75, 3.05) is 36.1 Å². The highest BCUT2D eigenvalue weighted by Gasteiger charge is 2.40. The molecule has 2 heterocycles. The summed E-state index contributed by atoms with van der Waals surface area (Å²) in [4.78, 5) is 4.85. The minimum absolute atomic E-state index is 0.207. The maximum atomic E-state index is 6.14. The molecule has 1 aromatic rings. The van der Waals surface area contributed by atoms with E-state index < -0.39 is 0 Å². The minimum atomic E-state index is -0.207. The molecular weight excluding hydrogens is 300 g/mol. The quantitative estimate of drug-likeness (QED) is 0.771. The first-order valence-electron chi connectivity index (χ1n) is 9.46. The SMILES string of the molecule is CCN(c1ccccc1N(CC)C1(C)CCCO1)C1(C)CCCO1. The summed E-state index contributed by atoms with van der Waals surface area (Å²) in [7, 11) is 0. The summed E-state index contributed by atoms with van der Waals surface area (Å²) in [6, 6.07) is 8.72. The van der Waals surface area contributed by atoms with Crippen molar-refractivity contribution in [2.45, 2.75) is 64.8 Å². The van der Waals surface area contributed by atoms with Gasteiger partial charge >= 0.3 is 0 Å². The molecular formula is C20H32N2O2. The molecule has 2 unspecified atom stereocenters. The van der Waals surface area contributed by atoms with Gasteiger partial charge in [-0.25, -0.2) is 0 Å². The number of nitrogens with zero attached hydrogens (tertiary/aromatic N) is 2. The van der Waals surface area contributed by atoms with Crippen LogP contribution in [0, 0.1) is 0 Å². The van der Waals surface area contributed by atoms with Crippen LogP contribution < -0.4 is 9.80 Å². The van der Waals surface area contributed by atoms with Crippen LogP contribution in [0.25, 0.3) is 0 Å². The zero-order chi connectivity index (χ0) is 17.2. The Hall–Kier alpha value is -1.26. The first-order chi connectivity index (χ1) is 11.5. The number of hydrogen-bond acceptors (Lipinski definition) is 4. The van der Waals surface area contributed by atoms with Gasteiger partial charge in [0.05, 0.1) is 11.4 Å². The molecule has 4 heteroatoms. The zero-order valence-electron chi connectivity index (χ0n) is 15.7. The van der Waals surface area contributed by atoms with Gasteiger partial charge in [-0.15, -0.1) is 0 Å². The van der Waals surface area contributed by atoms with Crippen LogP contribution in [0.2, 0.25) is 0 Å². The van der Waals surface area contributed by atoms with Crippen LogP contribution in [0.5, 0.6) is 0 Å². The average molecular weight is 332 g/mol. The van der Waals surface area contributed by atoms with Crippen molar-refractivity contribution in [1.82, 2.24) is 0 Å². The van der Waals surface area contributed by atoms with E-state index in [1.165, 1.54) is 11.4 Å². The van der Waals surface area contributed by atoms with Gasteiger partial charge in [0.25, 0.3) is 0 Å². The monoisotopic (exact) mass is 332 g/mol. The summed E-state index contributed by atoms with van der Waals surface area (Å²) in [5.41, 5.74) is 2.09. The minimum Gasteiger partial charge on any atom is -0.356 e. The predicted molar refractivity (Wildman–Crippen MR) is 99.7 cm³/mol. The molecule has 134 valence electrons. The van der Waals surface area contributed by atoms with Crippen LogP contribution in [0.15, 0.2) is 24.3 Å². The third kappa shape index (κ3) is 3.02. The van der Waals surface area contributed by atoms with Gasteiger partial charge in [-0.05, 0) is 65.5 Å². The molecule has 0 bridgehead atoms. The van der Waals surface area contributed by atoms with Gasteiger partial charge in [-0.2, -0.15) is 0 Å². The van der Waals surface area contributed by atoms with Crippen LogP contribution in [-0.4, -0.2) is 37.8 Å². The summed E-state index contributed by atoms with van der Waals surface area (Å²) in [6.07, 6.45) is 4.42. The van der Waals surface area contributed by atoms with E-state index >= 15 is 0 Å². The third-order valence-electron chi connectivity index (χ3n) is 5.63. The van der Waals surface area contributed by atoms with Crippen molar-refractivity contribution in [3.05, 3.63) is 24.3 Å². The normalized spacial score (nSPS) is 29.8. The van der Waals surface area contributed by atoms with Crippen molar-refractivity contribution >= 4 is 11.4 Å². The second-order valence-electron chi connectivity index (χ2n) is 7.23. The smallest absolute Gasteiger partial charge is 0.138 e. The maximum absolute atomic E-state index is 6.14. The van der Waals surface area contributed by atoms with E-state index in [2.05, 4.69) is 61.8 Å². The second kappa shape index (κ2) is 6.93. The van der Waals surface area contributed by atoms with Crippen molar-refractivity contribution in [3.8, 4) is 0 Å². The number of hydrogen-bond donors (Lipinski definition) is 0. The topological polar surface area (TPSA) is 24.9 Å². The molecule has 0 radical (unpaired) electrons. The Labute approximate surface area is 146 Å². The molecule has 1 aromatic carbocycles. The summed E-state index contributed by atoms with van der Waals surface area (Å²) in [5, 5.41) is 0. The highest BCUT2D eigenvalue weighted by Crippen LogP contribution is 2.42. The van der Waals surface area contributed by atoms with Gasteiger partial charge in [0.1, 0.15) is 11.4 Å². The molecule has 2 fully saturated rings. The van der Waals surface area contributed by atoms with Crippen molar-refractivity contribution < 1.29 is 9.47 Å². The summed E-state index contributed by atoms with van der Waals surface area (Å²) < 4.78 is 12.3. The fourth-order valence-electron chi connectivity index (χ4n) is 4.39. The molecule has 0 N–H and O–H groups in total. The van der Waals surface area contributed by atoms with Crippen LogP contribution in [0.1, 0.15) is 53.4 Å². The molecule has 2 aliphatic heterocycles. The Balaban J connectivity index is 2.00. The largest absolute Gasteiger partial charge is 0.356 e. The Morgan fingerprint density at radius 1 is 0.833 bits per heavy atom. The summed E-state index contributed by atoms with van der Waals surface area (Å²) in [5.74, 6) is 0. The zero-order valence-corrected chi connectivity index (χ0v) is 15.7. The van der Waals surface area contributed by atoms with Gasteiger partial charge < -0.3 is 19.3 Å². The Bertz CT molecular complexity index is 499. The average Bonchev–Trinajstić information content (AvgIpc) is 3.20. The number of benzene rings is 1. The van der Waals surface area contributed by atoms with E-state index in [4.69, 9.17) is 9.47 Å². The fraction of sp³-hybridized carbons (Fsp3) is 0.700. The van der Waals surface area contributed by atoms with E-state index in [-0.39, 0.29) is 11.4 Å². The van der Waals surface area contributed by atoms with Gasteiger partial charge in [0.15, 0.2) is 0 Å². The molecule has 0 aromatic heterocycles. The Morgan fingerprint density at radius 2 is 1.25 bits per heavy atom. The highest BCUT2D eigenvalue weighted by atomic mass is 16.5. The molecule has 2 saturated heterocycles. The van der Waals surface area contributed by atoms with Crippen LogP contribution in [-0.2, 0) is 9.47 Å². The summed E-state index contributed by atoms with van der Waals surface area (Å²) >= 11 is 0. The van der Waals surface area contributed by atoms with Gasteiger partial charge in [-0.3, -0.25) is 0 Å². The van der Waals surface area contributed by atoms with E-state index in [0.717, 1.165) is 52.0 Å². The molecule has 4 nitrogen and oxygen atoms in total. The van der Waals surface area contributed by atoms with Gasteiger partial charge in [0.2, 0.25) is 0 Å². The number of rotatable bonds is 6. The highest BCUT2D eigenvalue weighted by molar-refractivity contribution is 5.73. The summed E-state index contributed by atoms with van der Waals surface area (Å²) in [6.45, 7) is 12.5. The van der Waals surface area contributed by atoms with E-state index in [0.29, 0.717) is 0 Å². The number of anilines is 2. The first kappa shape index (κ1) is 17.6. The van der Waals surface area contributed by atoms with Gasteiger partial charge in [0, 0.05) is 26.3 Å². The first-order valence-corrected chi connectivity index (χ1v) is 9.46. The standard InChI is InChI=1S/C20H32N2O2/c1-5-21(19(3)13-9-15-23-19)17-11-7-8-12-18(17)22(6-2)20(4)14-10-16-24-20/h7-8,11-12H,5-6,9-10,13-16H2,1-4H3. The van der Waals surface area contributed by atoms with Crippen LogP contribution in [0.3, 0.4) is 0 Å². The lowest BCUT2D eigenvalue weighted by molar-refractivity contribution is 0.0147. The van der Waals surface area contributed by atoms with E-state index in [9.17, 15) is 0 Å². The van der Waals surface area contributed by atoms with Gasteiger partial charge in [-0.1, -0.05) is 12.1 Å². The molecule has 2 aliphatic rings.